The second-order valence-electron chi connectivity index (χ2n) is 5.04. The summed E-state index contributed by atoms with van der Waals surface area (Å²) in [5.74, 6) is -1.40. The highest BCUT2D eigenvalue weighted by Gasteiger charge is 2.34. The van der Waals surface area contributed by atoms with E-state index >= 15 is 0 Å². The Kier molecular flexibility index (Phi) is 5.07. The van der Waals surface area contributed by atoms with Crippen molar-refractivity contribution in [1.29, 1.82) is 0 Å². The lowest BCUT2D eigenvalue weighted by atomic mass is 10.1. The molecule has 0 fully saturated rings. The van der Waals surface area contributed by atoms with E-state index in [1.165, 1.54) is 33.0 Å². The van der Waals surface area contributed by atoms with Gasteiger partial charge in [-0.3, -0.25) is 0 Å². The molecule has 110 valence electrons. The van der Waals surface area contributed by atoms with Crippen LogP contribution in [0.15, 0.2) is 24.3 Å². The standard InChI is InChI=1S/C14H19FN2O3/c1-14(2,12(18)19)17(3)13(20)16-8-7-10-5-4-6-11(15)9-10/h4-6,9H,7-8H2,1-3H3,(H,16,20)(H,18,19). The molecule has 0 spiro atoms. The topological polar surface area (TPSA) is 69.6 Å². The number of amides is 2. The van der Waals surface area contributed by atoms with E-state index in [1.54, 1.807) is 12.1 Å². The normalized spacial score (nSPS) is 11.0. The minimum atomic E-state index is -1.29. The van der Waals surface area contributed by atoms with Crippen LogP contribution in [0.2, 0.25) is 0 Å². The number of hydrogen-bond acceptors (Lipinski definition) is 2. The van der Waals surface area contributed by atoms with E-state index in [0.29, 0.717) is 13.0 Å². The highest BCUT2D eigenvalue weighted by molar-refractivity contribution is 5.85. The van der Waals surface area contributed by atoms with Crippen molar-refractivity contribution in [2.24, 2.45) is 0 Å². The van der Waals surface area contributed by atoms with Gasteiger partial charge in [0, 0.05) is 13.6 Å². The second kappa shape index (κ2) is 6.36. The number of nitrogens with one attached hydrogen (secondary N) is 1. The Hall–Kier alpha value is -2.11. The van der Waals surface area contributed by atoms with E-state index in [4.69, 9.17) is 5.11 Å². The predicted molar refractivity (Wildman–Crippen MR) is 73.0 cm³/mol. The van der Waals surface area contributed by atoms with Crippen LogP contribution < -0.4 is 5.32 Å². The van der Waals surface area contributed by atoms with E-state index in [2.05, 4.69) is 5.32 Å². The van der Waals surface area contributed by atoms with Crippen molar-refractivity contribution in [3.05, 3.63) is 35.6 Å². The third-order valence-electron chi connectivity index (χ3n) is 3.25. The summed E-state index contributed by atoms with van der Waals surface area (Å²) < 4.78 is 13.0. The van der Waals surface area contributed by atoms with Crippen molar-refractivity contribution in [3.8, 4) is 0 Å². The number of carbonyl (C=O) groups is 2. The maximum absolute atomic E-state index is 13.0. The van der Waals surface area contributed by atoms with E-state index in [1.807, 2.05) is 0 Å². The molecule has 1 aromatic rings. The minimum absolute atomic E-state index is 0.308. The van der Waals surface area contributed by atoms with E-state index in [-0.39, 0.29) is 5.82 Å². The lowest BCUT2D eigenvalue weighted by Crippen LogP contribution is -2.54. The van der Waals surface area contributed by atoms with Gasteiger partial charge in [-0.25, -0.2) is 14.0 Å². The van der Waals surface area contributed by atoms with Crippen LogP contribution in [0.3, 0.4) is 0 Å². The van der Waals surface area contributed by atoms with Crippen LogP contribution in [0.5, 0.6) is 0 Å². The lowest BCUT2D eigenvalue weighted by molar-refractivity contribution is -0.146. The van der Waals surface area contributed by atoms with Gasteiger partial charge in [0.2, 0.25) is 0 Å². The molecule has 5 nitrogen and oxygen atoms in total. The SMILES string of the molecule is CN(C(=O)NCCc1cccc(F)c1)C(C)(C)C(=O)O. The van der Waals surface area contributed by atoms with Crippen molar-refractivity contribution in [3.63, 3.8) is 0 Å². The molecule has 0 aliphatic rings. The molecule has 6 heteroatoms. The molecular weight excluding hydrogens is 263 g/mol. The van der Waals surface area contributed by atoms with E-state index in [9.17, 15) is 14.0 Å². The molecular formula is C14H19FN2O3. The summed E-state index contributed by atoms with van der Waals surface area (Å²) in [7, 11) is 1.42. The number of nitrogens with zero attached hydrogens (tertiary/aromatic N) is 1. The first-order valence-electron chi connectivity index (χ1n) is 6.24. The molecule has 0 unspecified atom stereocenters. The number of likely N-dealkylation sites (N-methyl/N-ethyl adjacent to an activating group) is 1. The number of halogens is 1. The van der Waals surface area contributed by atoms with Gasteiger partial charge < -0.3 is 15.3 Å². The van der Waals surface area contributed by atoms with Gasteiger partial charge in [-0.1, -0.05) is 12.1 Å². The van der Waals surface area contributed by atoms with Crippen molar-refractivity contribution < 1.29 is 19.1 Å². The Labute approximate surface area is 117 Å². The quantitative estimate of drug-likeness (QED) is 0.866. The maximum Gasteiger partial charge on any atom is 0.329 e. The van der Waals surface area contributed by atoms with Crippen molar-refractivity contribution in [2.75, 3.05) is 13.6 Å². The zero-order valence-corrected chi connectivity index (χ0v) is 11.8. The molecule has 0 bridgehead atoms. The number of carbonyl (C=O) groups excluding carboxylic acids is 1. The van der Waals surface area contributed by atoms with E-state index < -0.39 is 17.5 Å². The molecule has 0 radical (unpaired) electrons. The third-order valence-corrected chi connectivity index (χ3v) is 3.25. The Morgan fingerprint density at radius 1 is 1.40 bits per heavy atom. The van der Waals surface area contributed by atoms with Gasteiger partial charge >= 0.3 is 12.0 Å². The van der Waals surface area contributed by atoms with Crippen LogP contribution in [-0.4, -0.2) is 41.1 Å². The van der Waals surface area contributed by atoms with Crippen molar-refractivity contribution in [1.82, 2.24) is 10.2 Å². The number of carboxylic acid groups (broad SMARTS) is 1. The van der Waals surface area contributed by atoms with Gasteiger partial charge in [-0.05, 0) is 38.0 Å². The van der Waals surface area contributed by atoms with Crippen LogP contribution in [-0.2, 0) is 11.2 Å². The first-order valence-corrected chi connectivity index (χ1v) is 6.24. The molecule has 0 atom stereocenters. The largest absolute Gasteiger partial charge is 0.480 e. The summed E-state index contributed by atoms with van der Waals surface area (Å²) in [6.07, 6.45) is 0.477. The summed E-state index contributed by atoms with van der Waals surface area (Å²) >= 11 is 0. The van der Waals surface area contributed by atoms with Crippen LogP contribution in [0.4, 0.5) is 9.18 Å². The average molecular weight is 282 g/mol. The molecule has 1 rings (SSSR count). The Balaban J connectivity index is 2.50. The molecule has 0 aliphatic carbocycles. The van der Waals surface area contributed by atoms with Gasteiger partial charge in [0.05, 0.1) is 0 Å². The molecule has 2 N–H and O–H groups in total. The summed E-state index contributed by atoms with van der Waals surface area (Å²) in [4.78, 5) is 24.0. The highest BCUT2D eigenvalue weighted by atomic mass is 19.1. The second-order valence-corrected chi connectivity index (χ2v) is 5.04. The van der Waals surface area contributed by atoms with Gasteiger partial charge in [-0.15, -0.1) is 0 Å². The molecule has 0 aromatic heterocycles. The van der Waals surface area contributed by atoms with Gasteiger partial charge in [0.25, 0.3) is 0 Å². The predicted octanol–water partition coefficient (Wildman–Crippen LogP) is 1.87. The van der Waals surface area contributed by atoms with Crippen LogP contribution >= 0.6 is 0 Å². The first kappa shape index (κ1) is 15.9. The molecule has 0 aliphatic heterocycles. The van der Waals surface area contributed by atoms with Crippen molar-refractivity contribution in [2.45, 2.75) is 25.8 Å². The molecule has 0 saturated carbocycles. The maximum atomic E-state index is 13.0. The number of rotatable bonds is 5. The fourth-order valence-corrected chi connectivity index (χ4v) is 1.52. The molecule has 0 heterocycles. The van der Waals surface area contributed by atoms with Gasteiger partial charge in [0.1, 0.15) is 11.4 Å². The zero-order chi connectivity index (χ0) is 15.3. The summed E-state index contributed by atoms with van der Waals surface area (Å²) in [6.45, 7) is 3.20. The Morgan fingerprint density at radius 2 is 2.05 bits per heavy atom. The summed E-state index contributed by atoms with van der Waals surface area (Å²) in [5, 5.41) is 11.6. The zero-order valence-electron chi connectivity index (χ0n) is 11.8. The number of hydrogen-bond donors (Lipinski definition) is 2. The van der Waals surface area contributed by atoms with Crippen LogP contribution in [0, 0.1) is 5.82 Å². The molecule has 2 amide bonds. The minimum Gasteiger partial charge on any atom is -0.480 e. The van der Waals surface area contributed by atoms with Gasteiger partial charge in [0.15, 0.2) is 0 Å². The van der Waals surface area contributed by atoms with E-state index in [0.717, 1.165) is 10.5 Å². The number of benzene rings is 1. The number of carboxylic acids is 1. The van der Waals surface area contributed by atoms with Crippen LogP contribution in [0.1, 0.15) is 19.4 Å². The Morgan fingerprint density at radius 3 is 2.60 bits per heavy atom. The lowest BCUT2D eigenvalue weighted by Gasteiger charge is -2.31. The molecule has 0 saturated heterocycles. The Bertz CT molecular complexity index is 503. The van der Waals surface area contributed by atoms with Crippen LogP contribution in [0.25, 0.3) is 0 Å². The number of urea groups is 1. The summed E-state index contributed by atoms with van der Waals surface area (Å²) in [6, 6.07) is 5.64. The number of aliphatic carboxylic acids is 1. The third kappa shape index (κ3) is 3.94. The smallest absolute Gasteiger partial charge is 0.329 e. The van der Waals surface area contributed by atoms with Crippen molar-refractivity contribution >= 4 is 12.0 Å². The fraction of sp³-hybridized carbons (Fsp3) is 0.429. The average Bonchev–Trinajstić information content (AvgIpc) is 2.37. The first-order chi connectivity index (χ1) is 9.25. The highest BCUT2D eigenvalue weighted by Crippen LogP contribution is 2.12. The molecule has 20 heavy (non-hydrogen) atoms. The van der Waals surface area contributed by atoms with Gasteiger partial charge in [-0.2, -0.15) is 0 Å². The molecule has 1 aromatic carbocycles. The summed E-state index contributed by atoms with van der Waals surface area (Å²) in [5.41, 5.74) is -0.520. The fourth-order valence-electron chi connectivity index (χ4n) is 1.52. The monoisotopic (exact) mass is 282 g/mol.